The molecule has 1 aromatic heterocycles. The van der Waals surface area contributed by atoms with Gasteiger partial charge in [-0.1, -0.05) is 5.92 Å². The summed E-state index contributed by atoms with van der Waals surface area (Å²) in [5.74, 6) is 6.04. The van der Waals surface area contributed by atoms with E-state index in [0.29, 0.717) is 12.3 Å². The van der Waals surface area contributed by atoms with Gasteiger partial charge in [0.25, 0.3) is 0 Å². The largest absolute Gasteiger partial charge is 0.469 e. The van der Waals surface area contributed by atoms with Crippen molar-refractivity contribution in [1.29, 1.82) is 0 Å². The van der Waals surface area contributed by atoms with Gasteiger partial charge in [0.15, 0.2) is 0 Å². The number of hydrogen-bond donors (Lipinski definition) is 1. The molecule has 1 rings (SSSR count). The van der Waals surface area contributed by atoms with Gasteiger partial charge in [-0.3, -0.25) is 4.79 Å². The van der Waals surface area contributed by atoms with E-state index >= 15 is 0 Å². The van der Waals surface area contributed by atoms with Gasteiger partial charge in [0.2, 0.25) is 5.91 Å². The van der Waals surface area contributed by atoms with Crippen molar-refractivity contribution in [3.05, 3.63) is 24.2 Å². The fraction of sp³-hybridized carbons (Fsp3) is 0.300. The monoisotopic (exact) mass is 177 g/mol. The van der Waals surface area contributed by atoms with Crippen LogP contribution in [0, 0.1) is 11.8 Å². The molecule has 0 radical (unpaired) electrons. The highest BCUT2D eigenvalue weighted by Gasteiger charge is 2.02. The molecule has 0 saturated carbocycles. The van der Waals surface area contributed by atoms with E-state index in [-0.39, 0.29) is 12.3 Å². The van der Waals surface area contributed by atoms with E-state index in [0.717, 1.165) is 0 Å². The van der Waals surface area contributed by atoms with Crippen molar-refractivity contribution < 1.29 is 9.21 Å². The summed E-state index contributed by atoms with van der Waals surface area (Å²) in [6.45, 7) is 2.13. The van der Waals surface area contributed by atoms with E-state index in [1.165, 1.54) is 0 Å². The molecule has 0 bridgehead atoms. The summed E-state index contributed by atoms with van der Waals surface area (Å²) in [5, 5.41) is 2.65. The van der Waals surface area contributed by atoms with Crippen molar-refractivity contribution in [2.75, 3.05) is 6.54 Å². The Morgan fingerprint density at radius 1 is 1.69 bits per heavy atom. The van der Waals surface area contributed by atoms with E-state index in [9.17, 15) is 4.79 Å². The fourth-order valence-electron chi connectivity index (χ4n) is 0.865. The number of carbonyl (C=O) groups is 1. The van der Waals surface area contributed by atoms with Crippen LogP contribution in [0.5, 0.6) is 0 Å². The molecule has 1 amide bonds. The van der Waals surface area contributed by atoms with Crippen LogP contribution >= 0.6 is 0 Å². The van der Waals surface area contributed by atoms with Crippen molar-refractivity contribution in [3.63, 3.8) is 0 Å². The molecule has 13 heavy (non-hydrogen) atoms. The summed E-state index contributed by atoms with van der Waals surface area (Å²) in [7, 11) is 0. The summed E-state index contributed by atoms with van der Waals surface area (Å²) < 4.78 is 5.01. The average Bonchev–Trinajstić information content (AvgIpc) is 2.57. The molecule has 0 atom stereocenters. The lowest BCUT2D eigenvalue weighted by molar-refractivity contribution is -0.120. The number of rotatable bonds is 3. The Kier molecular flexibility index (Phi) is 3.65. The molecule has 68 valence electrons. The third kappa shape index (κ3) is 3.48. The Labute approximate surface area is 77.1 Å². The minimum atomic E-state index is -0.0716. The Morgan fingerprint density at radius 3 is 3.15 bits per heavy atom. The molecule has 1 aromatic rings. The van der Waals surface area contributed by atoms with Gasteiger partial charge in [-0.2, -0.15) is 0 Å². The van der Waals surface area contributed by atoms with Gasteiger partial charge in [0.05, 0.1) is 19.2 Å². The van der Waals surface area contributed by atoms with Crippen LogP contribution in [0.4, 0.5) is 0 Å². The maximum absolute atomic E-state index is 11.1. The second-order valence-corrected chi connectivity index (χ2v) is 2.46. The van der Waals surface area contributed by atoms with Crippen LogP contribution < -0.4 is 5.32 Å². The minimum Gasteiger partial charge on any atom is -0.469 e. The van der Waals surface area contributed by atoms with Crippen LogP contribution in [0.25, 0.3) is 0 Å². The molecule has 0 fully saturated rings. The average molecular weight is 177 g/mol. The normalized spacial score (nSPS) is 8.69. The zero-order valence-corrected chi connectivity index (χ0v) is 7.46. The van der Waals surface area contributed by atoms with Crippen LogP contribution in [-0.2, 0) is 11.2 Å². The first-order valence-corrected chi connectivity index (χ1v) is 4.01. The molecule has 0 saturated heterocycles. The highest BCUT2D eigenvalue weighted by Crippen LogP contribution is 1.99. The molecule has 0 aliphatic heterocycles. The van der Waals surface area contributed by atoms with Crippen LogP contribution in [0.3, 0.4) is 0 Å². The van der Waals surface area contributed by atoms with Crippen LogP contribution in [0.2, 0.25) is 0 Å². The Hall–Kier alpha value is -1.69. The minimum absolute atomic E-state index is 0.0716. The molecule has 0 aliphatic rings. The number of furan rings is 1. The second-order valence-electron chi connectivity index (χ2n) is 2.46. The molecule has 1 heterocycles. The van der Waals surface area contributed by atoms with E-state index in [1.54, 1.807) is 25.3 Å². The van der Waals surface area contributed by atoms with Gasteiger partial charge in [-0.15, -0.1) is 5.92 Å². The summed E-state index contributed by atoms with van der Waals surface area (Å²) >= 11 is 0. The van der Waals surface area contributed by atoms with Crippen molar-refractivity contribution in [1.82, 2.24) is 5.32 Å². The third-order valence-electron chi connectivity index (χ3n) is 1.47. The summed E-state index contributed by atoms with van der Waals surface area (Å²) in [6.07, 6.45) is 1.83. The van der Waals surface area contributed by atoms with Gasteiger partial charge < -0.3 is 9.73 Å². The predicted octanol–water partition coefficient (Wildman–Crippen LogP) is 0.962. The summed E-state index contributed by atoms with van der Waals surface area (Å²) in [4.78, 5) is 11.1. The van der Waals surface area contributed by atoms with Gasteiger partial charge in [-0.25, -0.2) is 0 Å². The number of hydrogen-bond acceptors (Lipinski definition) is 2. The highest BCUT2D eigenvalue weighted by atomic mass is 16.3. The number of carbonyl (C=O) groups excluding carboxylic acids is 1. The van der Waals surface area contributed by atoms with Crippen molar-refractivity contribution in [2.24, 2.45) is 0 Å². The van der Waals surface area contributed by atoms with E-state index in [4.69, 9.17) is 4.42 Å². The second kappa shape index (κ2) is 5.04. The molecule has 0 spiro atoms. The van der Waals surface area contributed by atoms with Gasteiger partial charge >= 0.3 is 0 Å². The predicted molar refractivity (Wildman–Crippen MR) is 48.9 cm³/mol. The van der Waals surface area contributed by atoms with Gasteiger partial charge in [0.1, 0.15) is 5.76 Å². The Morgan fingerprint density at radius 2 is 2.54 bits per heavy atom. The SMILES string of the molecule is CC#CCNC(=O)Cc1ccco1. The molecule has 0 aliphatic carbocycles. The number of amides is 1. The first kappa shape index (κ1) is 9.40. The fourth-order valence-corrected chi connectivity index (χ4v) is 0.865. The standard InChI is InChI=1S/C10H11NO2/c1-2-3-6-11-10(12)8-9-5-4-7-13-9/h4-5,7H,6,8H2,1H3,(H,11,12). The first-order chi connectivity index (χ1) is 6.33. The number of nitrogens with one attached hydrogen (secondary N) is 1. The highest BCUT2D eigenvalue weighted by molar-refractivity contribution is 5.78. The van der Waals surface area contributed by atoms with Crippen LogP contribution in [-0.4, -0.2) is 12.5 Å². The van der Waals surface area contributed by atoms with Crippen molar-refractivity contribution in [3.8, 4) is 11.8 Å². The van der Waals surface area contributed by atoms with Gasteiger partial charge in [-0.05, 0) is 19.1 Å². The van der Waals surface area contributed by atoms with E-state index in [2.05, 4.69) is 17.2 Å². The van der Waals surface area contributed by atoms with E-state index < -0.39 is 0 Å². The molecule has 3 nitrogen and oxygen atoms in total. The first-order valence-electron chi connectivity index (χ1n) is 4.01. The Bertz CT molecular complexity index is 316. The third-order valence-corrected chi connectivity index (χ3v) is 1.47. The summed E-state index contributed by atoms with van der Waals surface area (Å²) in [5.41, 5.74) is 0. The van der Waals surface area contributed by atoms with E-state index in [1.807, 2.05) is 0 Å². The zero-order chi connectivity index (χ0) is 9.52. The van der Waals surface area contributed by atoms with Crippen LogP contribution in [0.15, 0.2) is 22.8 Å². The quantitative estimate of drug-likeness (QED) is 0.699. The molecular formula is C10H11NO2. The van der Waals surface area contributed by atoms with Crippen molar-refractivity contribution >= 4 is 5.91 Å². The molecular weight excluding hydrogens is 166 g/mol. The molecule has 0 aromatic carbocycles. The summed E-state index contributed by atoms with van der Waals surface area (Å²) in [6, 6.07) is 3.53. The lowest BCUT2D eigenvalue weighted by Gasteiger charge is -1.97. The maximum Gasteiger partial charge on any atom is 0.228 e. The maximum atomic E-state index is 11.1. The molecule has 0 unspecified atom stereocenters. The molecule has 3 heteroatoms. The van der Waals surface area contributed by atoms with Gasteiger partial charge in [0, 0.05) is 0 Å². The topological polar surface area (TPSA) is 42.2 Å². The Balaban J connectivity index is 2.28. The zero-order valence-electron chi connectivity index (χ0n) is 7.46. The lowest BCUT2D eigenvalue weighted by Crippen LogP contribution is -2.25. The molecule has 1 N–H and O–H groups in total. The van der Waals surface area contributed by atoms with Crippen molar-refractivity contribution in [2.45, 2.75) is 13.3 Å². The lowest BCUT2D eigenvalue weighted by atomic mass is 10.3. The van der Waals surface area contributed by atoms with Crippen LogP contribution in [0.1, 0.15) is 12.7 Å². The smallest absolute Gasteiger partial charge is 0.228 e.